The Balaban J connectivity index is 1.88. The van der Waals surface area contributed by atoms with Crippen molar-refractivity contribution in [1.82, 2.24) is 10.2 Å². The van der Waals surface area contributed by atoms with Crippen molar-refractivity contribution < 1.29 is 4.74 Å². The first-order chi connectivity index (χ1) is 14.3. The summed E-state index contributed by atoms with van der Waals surface area (Å²) < 4.78 is 5.65. The third-order valence-electron chi connectivity index (χ3n) is 5.00. The zero-order valence-electron chi connectivity index (χ0n) is 16.4. The number of halogens is 1. The molecule has 0 fully saturated rings. The number of fused-ring (bicyclic) bond motifs is 1. The Morgan fingerprint density at radius 2 is 1.69 bits per heavy atom. The lowest BCUT2D eigenvalue weighted by atomic mass is 9.88. The van der Waals surface area contributed by atoms with E-state index >= 15 is 0 Å². The number of H-pyrrole nitrogens is 1. The first-order valence-corrected chi connectivity index (χ1v) is 10.3. The van der Waals surface area contributed by atoms with Crippen LogP contribution < -0.4 is 4.74 Å². The molecule has 0 saturated heterocycles. The Morgan fingerprint density at radius 1 is 0.931 bits per heavy atom. The fourth-order valence-corrected chi connectivity index (χ4v) is 3.73. The van der Waals surface area contributed by atoms with Crippen molar-refractivity contribution in [3.63, 3.8) is 0 Å². The zero-order valence-corrected chi connectivity index (χ0v) is 17.1. The monoisotopic (exact) mass is 402 g/mol. The molecule has 0 spiro atoms. The SMILES string of the molecule is CCC(=C(c1ccc(OCCCl)cc1)c1ccc2[nH]ncc2c1)c1ccccc1. The van der Waals surface area contributed by atoms with Crippen LogP contribution in [0.3, 0.4) is 0 Å². The van der Waals surface area contributed by atoms with E-state index in [0.29, 0.717) is 12.5 Å². The molecule has 4 rings (SSSR count). The summed E-state index contributed by atoms with van der Waals surface area (Å²) in [5, 5.41) is 8.31. The summed E-state index contributed by atoms with van der Waals surface area (Å²) in [6.45, 7) is 2.71. The van der Waals surface area contributed by atoms with E-state index < -0.39 is 0 Å². The number of aromatic nitrogens is 2. The minimum Gasteiger partial charge on any atom is -0.492 e. The van der Waals surface area contributed by atoms with E-state index in [2.05, 4.69) is 77.8 Å². The van der Waals surface area contributed by atoms with Gasteiger partial charge in [0.2, 0.25) is 0 Å². The third-order valence-corrected chi connectivity index (χ3v) is 5.15. The van der Waals surface area contributed by atoms with Crippen molar-refractivity contribution in [1.29, 1.82) is 0 Å². The second-order valence-electron chi connectivity index (χ2n) is 6.81. The van der Waals surface area contributed by atoms with E-state index in [0.717, 1.165) is 28.6 Å². The van der Waals surface area contributed by atoms with Gasteiger partial charge in [0.25, 0.3) is 0 Å². The summed E-state index contributed by atoms with van der Waals surface area (Å²) in [6, 6.07) is 25.3. The topological polar surface area (TPSA) is 37.9 Å². The van der Waals surface area contributed by atoms with Crippen LogP contribution >= 0.6 is 11.6 Å². The average Bonchev–Trinajstić information content (AvgIpc) is 3.25. The van der Waals surface area contributed by atoms with Gasteiger partial charge in [-0.1, -0.05) is 55.5 Å². The number of rotatable bonds is 7. The van der Waals surface area contributed by atoms with Crippen molar-refractivity contribution >= 4 is 33.7 Å². The second kappa shape index (κ2) is 8.97. The molecule has 0 aliphatic carbocycles. The predicted octanol–water partition coefficient (Wildman–Crippen LogP) is 6.55. The lowest BCUT2D eigenvalue weighted by molar-refractivity contribution is 0.343. The second-order valence-corrected chi connectivity index (χ2v) is 7.18. The Labute approximate surface area is 176 Å². The number of nitrogens with zero attached hydrogens (tertiary/aromatic N) is 1. The lowest BCUT2D eigenvalue weighted by Gasteiger charge is -2.17. The van der Waals surface area contributed by atoms with E-state index in [1.807, 2.05) is 18.3 Å². The first-order valence-electron chi connectivity index (χ1n) is 9.81. The molecular weight excluding hydrogens is 380 g/mol. The highest BCUT2D eigenvalue weighted by Gasteiger charge is 2.14. The first kappa shape index (κ1) is 19.3. The van der Waals surface area contributed by atoms with Crippen LogP contribution in [0, 0.1) is 0 Å². The van der Waals surface area contributed by atoms with Gasteiger partial charge in [0.1, 0.15) is 12.4 Å². The van der Waals surface area contributed by atoms with Crippen LogP contribution in [0.4, 0.5) is 0 Å². The van der Waals surface area contributed by atoms with Gasteiger partial charge in [0.05, 0.1) is 17.6 Å². The summed E-state index contributed by atoms with van der Waals surface area (Å²) in [5.74, 6) is 1.31. The summed E-state index contributed by atoms with van der Waals surface area (Å²) in [5.41, 5.74) is 7.14. The average molecular weight is 403 g/mol. The lowest BCUT2D eigenvalue weighted by Crippen LogP contribution is -1.99. The smallest absolute Gasteiger partial charge is 0.119 e. The fraction of sp³-hybridized carbons (Fsp3) is 0.160. The largest absolute Gasteiger partial charge is 0.492 e. The molecule has 0 unspecified atom stereocenters. The number of alkyl halides is 1. The molecule has 0 radical (unpaired) electrons. The van der Waals surface area contributed by atoms with Crippen LogP contribution in [-0.2, 0) is 0 Å². The Kier molecular flexibility index (Phi) is 5.97. The maximum Gasteiger partial charge on any atom is 0.119 e. The van der Waals surface area contributed by atoms with Crippen LogP contribution in [-0.4, -0.2) is 22.7 Å². The molecule has 3 aromatic carbocycles. The highest BCUT2D eigenvalue weighted by atomic mass is 35.5. The van der Waals surface area contributed by atoms with Gasteiger partial charge >= 0.3 is 0 Å². The molecule has 4 heteroatoms. The number of benzene rings is 3. The summed E-state index contributed by atoms with van der Waals surface area (Å²) in [4.78, 5) is 0. The number of ether oxygens (including phenoxy) is 1. The van der Waals surface area contributed by atoms with Gasteiger partial charge in [-0.05, 0) is 58.5 Å². The predicted molar refractivity (Wildman–Crippen MR) is 121 cm³/mol. The maximum absolute atomic E-state index is 5.74. The Hall–Kier alpha value is -3.04. The molecule has 4 aromatic rings. The van der Waals surface area contributed by atoms with E-state index in [1.165, 1.54) is 22.3 Å². The van der Waals surface area contributed by atoms with E-state index in [9.17, 15) is 0 Å². The number of nitrogens with one attached hydrogen (secondary N) is 1. The molecule has 0 amide bonds. The molecule has 3 nitrogen and oxygen atoms in total. The van der Waals surface area contributed by atoms with E-state index in [1.54, 1.807) is 0 Å². The van der Waals surface area contributed by atoms with Gasteiger partial charge in [-0.3, -0.25) is 5.10 Å². The Bertz CT molecular complexity index is 1110. The summed E-state index contributed by atoms with van der Waals surface area (Å²) >= 11 is 5.74. The fourth-order valence-electron chi connectivity index (χ4n) is 3.65. The minimum absolute atomic E-state index is 0.478. The highest BCUT2D eigenvalue weighted by molar-refractivity contribution is 6.18. The third kappa shape index (κ3) is 4.20. The van der Waals surface area contributed by atoms with Gasteiger partial charge in [-0.2, -0.15) is 5.10 Å². The number of aromatic amines is 1. The van der Waals surface area contributed by atoms with E-state index in [4.69, 9.17) is 16.3 Å². The van der Waals surface area contributed by atoms with E-state index in [-0.39, 0.29) is 0 Å². The molecule has 0 atom stereocenters. The van der Waals surface area contributed by atoms with Gasteiger partial charge in [0, 0.05) is 5.39 Å². The molecule has 146 valence electrons. The van der Waals surface area contributed by atoms with Gasteiger partial charge in [-0.15, -0.1) is 11.6 Å². The quantitative estimate of drug-likeness (QED) is 0.281. The highest BCUT2D eigenvalue weighted by Crippen LogP contribution is 2.36. The van der Waals surface area contributed by atoms with Crippen LogP contribution in [0.15, 0.2) is 79.0 Å². The van der Waals surface area contributed by atoms with Gasteiger partial charge in [0.15, 0.2) is 0 Å². The van der Waals surface area contributed by atoms with Crippen molar-refractivity contribution in [2.75, 3.05) is 12.5 Å². The zero-order chi connectivity index (χ0) is 20.1. The molecule has 0 aliphatic rings. The van der Waals surface area contributed by atoms with Gasteiger partial charge < -0.3 is 4.74 Å². The van der Waals surface area contributed by atoms with Crippen molar-refractivity contribution in [3.8, 4) is 5.75 Å². The number of hydrogen-bond donors (Lipinski definition) is 1. The molecule has 0 saturated carbocycles. The minimum atomic E-state index is 0.478. The molecule has 1 heterocycles. The van der Waals surface area contributed by atoms with Crippen molar-refractivity contribution in [3.05, 3.63) is 95.7 Å². The van der Waals surface area contributed by atoms with Gasteiger partial charge in [-0.25, -0.2) is 0 Å². The number of hydrogen-bond acceptors (Lipinski definition) is 2. The molecule has 0 bridgehead atoms. The molecular formula is C25H23ClN2O. The Morgan fingerprint density at radius 3 is 2.41 bits per heavy atom. The standard InChI is InChI=1S/C25H23ClN2O/c1-2-23(18-6-4-3-5-7-18)25(19-8-11-22(12-9-19)29-15-14-26)20-10-13-24-21(16-20)17-27-28-24/h3-13,16-17H,2,14-15H2,1H3,(H,27,28). The van der Waals surface area contributed by atoms with Crippen LogP contribution in [0.2, 0.25) is 0 Å². The molecule has 1 aromatic heterocycles. The summed E-state index contributed by atoms with van der Waals surface area (Å²) in [6.07, 6.45) is 2.79. The van der Waals surface area contributed by atoms with Crippen molar-refractivity contribution in [2.45, 2.75) is 13.3 Å². The van der Waals surface area contributed by atoms with Crippen LogP contribution in [0.1, 0.15) is 30.0 Å². The normalized spacial score (nSPS) is 12.1. The van der Waals surface area contributed by atoms with Crippen molar-refractivity contribution in [2.24, 2.45) is 0 Å². The van der Waals surface area contributed by atoms with Crippen LogP contribution in [0.5, 0.6) is 5.75 Å². The molecule has 1 N–H and O–H groups in total. The maximum atomic E-state index is 5.74. The summed E-state index contributed by atoms with van der Waals surface area (Å²) in [7, 11) is 0. The molecule has 29 heavy (non-hydrogen) atoms. The number of allylic oxidation sites excluding steroid dienone is 1. The molecule has 0 aliphatic heterocycles. The van der Waals surface area contributed by atoms with Crippen LogP contribution in [0.25, 0.3) is 22.0 Å².